The van der Waals surface area contributed by atoms with Gasteiger partial charge in [0.15, 0.2) is 5.17 Å². The second-order valence-electron chi connectivity index (χ2n) is 5.28. The Kier molecular flexibility index (Phi) is 5.62. The number of hydrogen-bond donors (Lipinski definition) is 2. The number of carbonyl (C=O) groups is 2. The zero-order valence-corrected chi connectivity index (χ0v) is 15.1. The summed E-state index contributed by atoms with van der Waals surface area (Å²) >= 11 is 2.80. The van der Waals surface area contributed by atoms with Crippen LogP contribution in [0.3, 0.4) is 0 Å². The number of amides is 2. The summed E-state index contributed by atoms with van der Waals surface area (Å²) in [5.74, 6) is -0.436. The quantitative estimate of drug-likeness (QED) is 0.625. The summed E-state index contributed by atoms with van der Waals surface area (Å²) in [6, 6.07) is 13.1. The molecule has 1 fully saturated rings. The maximum absolute atomic E-state index is 12.1. The summed E-state index contributed by atoms with van der Waals surface area (Å²) in [5, 5.41) is 15.5. The smallest absolute Gasteiger partial charge is 0.240 e. The van der Waals surface area contributed by atoms with Crippen LogP contribution < -0.4 is 10.6 Å². The fourth-order valence-corrected chi connectivity index (χ4v) is 3.73. The van der Waals surface area contributed by atoms with Crippen molar-refractivity contribution in [2.45, 2.75) is 18.6 Å². The van der Waals surface area contributed by atoms with Gasteiger partial charge in [0.2, 0.25) is 11.8 Å². The first-order valence-corrected chi connectivity index (χ1v) is 9.36. The summed E-state index contributed by atoms with van der Waals surface area (Å²) in [6.07, 6.45) is 0.0814. The minimum absolute atomic E-state index is 0.0814. The van der Waals surface area contributed by atoms with Crippen molar-refractivity contribution in [1.29, 1.82) is 0 Å². The van der Waals surface area contributed by atoms with Crippen molar-refractivity contribution in [3.05, 3.63) is 52.7 Å². The number of rotatable bonds is 5. The molecule has 2 heterocycles. The second kappa shape index (κ2) is 8.09. The topological polar surface area (TPSA) is 82.9 Å². The van der Waals surface area contributed by atoms with Crippen LogP contribution in [-0.2, 0) is 9.59 Å². The van der Waals surface area contributed by atoms with Crippen molar-refractivity contribution in [3.8, 4) is 0 Å². The van der Waals surface area contributed by atoms with E-state index in [1.807, 2.05) is 42.6 Å². The lowest BCUT2D eigenvalue weighted by atomic mass is 10.2. The Bertz CT molecular complexity index is 816. The average Bonchev–Trinajstić information content (AvgIpc) is 3.24. The molecule has 0 radical (unpaired) electrons. The van der Waals surface area contributed by atoms with E-state index in [1.54, 1.807) is 23.5 Å². The van der Waals surface area contributed by atoms with Gasteiger partial charge in [-0.05, 0) is 30.5 Å². The van der Waals surface area contributed by atoms with Crippen molar-refractivity contribution >= 4 is 51.5 Å². The van der Waals surface area contributed by atoms with Crippen molar-refractivity contribution in [2.24, 2.45) is 10.2 Å². The van der Waals surface area contributed by atoms with Crippen molar-refractivity contribution in [1.82, 2.24) is 5.32 Å². The minimum atomic E-state index is -0.500. The fraction of sp³-hybridized carbons (Fsp3) is 0.176. The van der Waals surface area contributed by atoms with Crippen molar-refractivity contribution in [2.75, 3.05) is 5.32 Å². The molecule has 8 heteroatoms. The Morgan fingerprint density at radius 2 is 2.04 bits per heavy atom. The molecule has 2 aromatic rings. The Morgan fingerprint density at radius 1 is 1.24 bits per heavy atom. The van der Waals surface area contributed by atoms with Gasteiger partial charge in [-0.15, -0.1) is 16.4 Å². The van der Waals surface area contributed by atoms with E-state index in [0.29, 0.717) is 10.9 Å². The van der Waals surface area contributed by atoms with Crippen molar-refractivity contribution < 1.29 is 9.59 Å². The summed E-state index contributed by atoms with van der Waals surface area (Å²) in [7, 11) is 0. The van der Waals surface area contributed by atoms with Crippen LogP contribution in [0.25, 0.3) is 0 Å². The second-order valence-corrected chi connectivity index (χ2v) is 7.42. The third-order valence-electron chi connectivity index (χ3n) is 3.37. The predicted molar refractivity (Wildman–Crippen MR) is 103 cm³/mol. The summed E-state index contributed by atoms with van der Waals surface area (Å²) in [6.45, 7) is 1.86. The number of thioether (sulfide) groups is 1. The molecule has 0 bridgehead atoms. The largest absolute Gasteiger partial charge is 0.326 e. The van der Waals surface area contributed by atoms with E-state index in [2.05, 4.69) is 20.8 Å². The van der Waals surface area contributed by atoms with E-state index >= 15 is 0 Å². The minimum Gasteiger partial charge on any atom is -0.326 e. The van der Waals surface area contributed by atoms with Gasteiger partial charge in [0.25, 0.3) is 0 Å². The van der Waals surface area contributed by atoms with Gasteiger partial charge in [-0.2, -0.15) is 5.10 Å². The number of nitrogens with zero attached hydrogens (tertiary/aromatic N) is 2. The van der Waals surface area contributed by atoms with Crippen LogP contribution in [0.5, 0.6) is 0 Å². The highest BCUT2D eigenvalue weighted by atomic mass is 32.2. The average molecular weight is 372 g/mol. The van der Waals surface area contributed by atoms with Crippen molar-refractivity contribution in [3.63, 3.8) is 0 Å². The number of amidine groups is 1. The van der Waals surface area contributed by atoms with Crippen LogP contribution in [0.2, 0.25) is 0 Å². The molecule has 3 rings (SSSR count). The Balaban J connectivity index is 1.58. The lowest BCUT2D eigenvalue weighted by Gasteiger charge is -2.06. The number of thiophene rings is 1. The van der Waals surface area contributed by atoms with Crippen LogP contribution in [0, 0.1) is 0 Å². The SMILES string of the molecule is C/C(=N\N=C1\NC(=O)C(CC(=O)Nc2ccccc2)S1)c1cccs1. The highest BCUT2D eigenvalue weighted by Gasteiger charge is 2.32. The molecule has 1 aromatic heterocycles. The predicted octanol–water partition coefficient (Wildman–Crippen LogP) is 3.09. The first-order valence-electron chi connectivity index (χ1n) is 7.60. The zero-order chi connectivity index (χ0) is 17.6. The van der Waals surface area contributed by atoms with E-state index < -0.39 is 5.25 Å². The highest BCUT2D eigenvalue weighted by Crippen LogP contribution is 2.23. The Labute approximate surface area is 153 Å². The van der Waals surface area contributed by atoms with Gasteiger partial charge < -0.3 is 10.6 Å². The Morgan fingerprint density at radius 3 is 2.76 bits per heavy atom. The molecule has 0 spiro atoms. The van der Waals surface area contributed by atoms with E-state index in [-0.39, 0.29) is 18.2 Å². The molecule has 1 aromatic carbocycles. The van der Waals surface area contributed by atoms with E-state index in [4.69, 9.17) is 0 Å². The van der Waals surface area contributed by atoms with Gasteiger partial charge >= 0.3 is 0 Å². The van der Waals surface area contributed by atoms with Crippen LogP contribution >= 0.6 is 23.1 Å². The number of hydrogen-bond acceptors (Lipinski definition) is 6. The molecule has 0 saturated carbocycles. The van der Waals surface area contributed by atoms with Gasteiger partial charge in [0.05, 0.1) is 10.6 Å². The van der Waals surface area contributed by atoms with Gasteiger partial charge in [-0.25, -0.2) is 0 Å². The third kappa shape index (κ3) is 4.77. The van der Waals surface area contributed by atoms with E-state index in [1.165, 1.54) is 11.8 Å². The van der Waals surface area contributed by atoms with Crippen LogP contribution in [0.1, 0.15) is 18.2 Å². The molecular formula is C17H16N4O2S2. The fourth-order valence-electron chi connectivity index (χ4n) is 2.14. The highest BCUT2D eigenvalue weighted by molar-refractivity contribution is 8.15. The number of benzene rings is 1. The molecular weight excluding hydrogens is 356 g/mol. The van der Waals surface area contributed by atoms with Gasteiger partial charge in [0, 0.05) is 12.1 Å². The maximum atomic E-state index is 12.1. The van der Waals surface area contributed by atoms with Crippen LogP contribution in [-0.4, -0.2) is 27.9 Å². The van der Waals surface area contributed by atoms with Crippen LogP contribution in [0.15, 0.2) is 58.0 Å². The molecule has 25 heavy (non-hydrogen) atoms. The van der Waals surface area contributed by atoms with E-state index in [9.17, 15) is 9.59 Å². The molecule has 1 saturated heterocycles. The normalized spacial score (nSPS) is 19.1. The number of anilines is 1. The summed E-state index contributed by atoms with van der Waals surface area (Å²) in [5.41, 5.74) is 1.49. The number of carbonyl (C=O) groups excluding carboxylic acids is 2. The molecule has 6 nitrogen and oxygen atoms in total. The molecule has 1 aliphatic heterocycles. The summed E-state index contributed by atoms with van der Waals surface area (Å²) < 4.78 is 0. The molecule has 1 unspecified atom stereocenters. The van der Waals surface area contributed by atoms with Gasteiger partial charge in [-0.3, -0.25) is 9.59 Å². The summed E-state index contributed by atoms with van der Waals surface area (Å²) in [4.78, 5) is 25.1. The molecule has 1 aliphatic rings. The number of para-hydroxylation sites is 1. The lowest BCUT2D eigenvalue weighted by Crippen LogP contribution is -2.28. The lowest BCUT2D eigenvalue weighted by molar-refractivity contribution is -0.122. The molecule has 2 amide bonds. The van der Waals surface area contributed by atoms with E-state index in [0.717, 1.165) is 10.6 Å². The van der Waals surface area contributed by atoms with Gasteiger partial charge in [-0.1, -0.05) is 36.0 Å². The molecule has 0 aliphatic carbocycles. The number of nitrogens with one attached hydrogen (secondary N) is 2. The molecule has 128 valence electrons. The first kappa shape index (κ1) is 17.4. The first-order chi connectivity index (χ1) is 12.1. The molecule has 1 atom stereocenters. The molecule has 2 N–H and O–H groups in total. The van der Waals surface area contributed by atoms with Gasteiger partial charge in [0.1, 0.15) is 5.25 Å². The zero-order valence-electron chi connectivity index (χ0n) is 13.4. The standard InChI is InChI=1S/C17H16N4O2S2/c1-11(13-8-5-9-24-13)20-21-17-19-16(23)14(25-17)10-15(22)18-12-6-3-2-4-7-12/h2-9,14H,10H2,1H3,(H,18,22)(H,19,21,23)/b20-11+. The van der Waals surface area contributed by atoms with Crippen LogP contribution in [0.4, 0.5) is 5.69 Å². The monoisotopic (exact) mass is 372 g/mol. The maximum Gasteiger partial charge on any atom is 0.240 e. The third-order valence-corrected chi connectivity index (χ3v) is 5.42. The Hall–Kier alpha value is -2.45.